The van der Waals surface area contributed by atoms with Crippen molar-refractivity contribution in [2.75, 3.05) is 0 Å². The summed E-state index contributed by atoms with van der Waals surface area (Å²) in [5.41, 5.74) is 23.7. The first kappa shape index (κ1) is 52.5. The zero-order chi connectivity index (χ0) is 60.1. The van der Waals surface area contributed by atoms with Crippen LogP contribution in [0.25, 0.3) is 149 Å². The summed E-state index contributed by atoms with van der Waals surface area (Å²) in [4.78, 5) is 0. The van der Waals surface area contributed by atoms with Crippen molar-refractivity contribution in [1.29, 1.82) is 0 Å². The summed E-state index contributed by atoms with van der Waals surface area (Å²) in [6.45, 7) is 0. The van der Waals surface area contributed by atoms with Crippen molar-refractivity contribution in [2.24, 2.45) is 0 Å². The van der Waals surface area contributed by atoms with E-state index in [0.717, 1.165) is 28.5 Å². The molecule has 0 fully saturated rings. The summed E-state index contributed by atoms with van der Waals surface area (Å²) in [5, 5.41) is 13.5. The van der Waals surface area contributed by atoms with E-state index in [1.54, 1.807) is 0 Å². The van der Waals surface area contributed by atoms with Gasteiger partial charge in [-0.25, -0.2) is 0 Å². The van der Waals surface area contributed by atoms with E-state index in [1.165, 1.54) is 143 Å². The molecule has 0 aliphatic heterocycles. The predicted molar refractivity (Wildman–Crippen MR) is 384 cm³/mol. The predicted octanol–water partition coefficient (Wildman–Crippen LogP) is 22.8. The number of nitrogens with zero attached hydrogens (tertiary/aromatic N) is 5. The molecule has 19 aromatic rings. The van der Waals surface area contributed by atoms with Crippen LogP contribution in [-0.4, -0.2) is 22.8 Å². The van der Waals surface area contributed by atoms with Gasteiger partial charge in [0.1, 0.15) is 0 Å². The Kier molecular flexibility index (Phi) is 12.3. The summed E-state index contributed by atoms with van der Waals surface area (Å²) in [6, 6.07) is 117. The Morgan fingerprint density at radius 3 is 0.791 bits per heavy atom. The summed E-state index contributed by atoms with van der Waals surface area (Å²) in [6.07, 6.45) is 1.04. The number of rotatable bonds is 5. The van der Waals surface area contributed by atoms with Gasteiger partial charge in [-0.2, -0.15) is 0 Å². The van der Waals surface area contributed by atoms with E-state index >= 15 is 0 Å². The molecular formula is C85H56ClN5. The molecule has 5 heterocycles. The first-order chi connectivity index (χ1) is 45.1. The van der Waals surface area contributed by atoms with E-state index in [4.69, 9.17) is 11.6 Å². The number of benzene rings is 14. The Bertz CT molecular complexity index is 5860. The summed E-state index contributed by atoms with van der Waals surface area (Å²) in [5.74, 6) is 0. The molecule has 0 saturated heterocycles. The molecular weight excluding hydrogens is 1130 g/mol. The second-order valence-corrected chi connectivity index (χ2v) is 24.1. The van der Waals surface area contributed by atoms with Crippen molar-refractivity contribution in [3.8, 4) is 39.6 Å². The molecule has 0 bridgehead atoms. The number of para-hydroxylation sites is 9. The molecule has 0 N–H and O–H groups in total. The Balaban J connectivity index is 0.000000112. The fourth-order valence-corrected chi connectivity index (χ4v) is 14.9. The number of hydrogen-bond donors (Lipinski definition) is 0. The van der Waals surface area contributed by atoms with Crippen molar-refractivity contribution in [2.45, 2.75) is 6.42 Å². The lowest BCUT2D eigenvalue weighted by Gasteiger charge is -2.12. The van der Waals surface area contributed by atoms with Gasteiger partial charge >= 0.3 is 0 Å². The zero-order valence-corrected chi connectivity index (χ0v) is 50.3. The largest absolute Gasteiger partial charge is 0.309 e. The number of halogens is 1. The minimum atomic E-state index is 0.759. The van der Waals surface area contributed by atoms with Gasteiger partial charge in [0.15, 0.2) is 0 Å². The van der Waals surface area contributed by atoms with Gasteiger partial charge in [0.05, 0.1) is 55.2 Å². The summed E-state index contributed by atoms with van der Waals surface area (Å²) in [7, 11) is 0. The van der Waals surface area contributed by atoms with Gasteiger partial charge in [-0.05, 0) is 162 Å². The van der Waals surface area contributed by atoms with E-state index in [-0.39, 0.29) is 0 Å². The molecule has 428 valence electrons. The topological polar surface area (TPSA) is 24.6 Å². The maximum atomic E-state index is 6.00. The first-order valence-corrected chi connectivity index (χ1v) is 31.5. The lowest BCUT2D eigenvalue weighted by atomic mass is 10.1. The monoisotopic (exact) mass is 1180 g/mol. The average Bonchev–Trinajstić information content (AvgIpc) is 2.38. The van der Waals surface area contributed by atoms with Crippen LogP contribution in [-0.2, 0) is 6.42 Å². The molecule has 1 aliphatic rings. The van der Waals surface area contributed by atoms with Gasteiger partial charge in [0.25, 0.3) is 0 Å². The highest BCUT2D eigenvalue weighted by molar-refractivity contribution is 6.30. The smallest absolute Gasteiger partial charge is 0.0542 e. The lowest BCUT2D eigenvalue weighted by molar-refractivity contribution is 1.14. The Labute approximate surface area is 529 Å². The molecule has 1 aliphatic carbocycles. The molecule has 0 unspecified atom stereocenters. The maximum absolute atomic E-state index is 6.00. The molecule has 91 heavy (non-hydrogen) atoms. The molecule has 5 aromatic heterocycles. The average molecular weight is 1180 g/mol. The highest BCUT2D eigenvalue weighted by atomic mass is 35.5. The Morgan fingerprint density at radius 1 is 0.187 bits per heavy atom. The number of hydrogen-bond acceptors (Lipinski definition) is 0. The minimum Gasteiger partial charge on any atom is -0.309 e. The normalized spacial score (nSPS) is 12.0. The van der Waals surface area contributed by atoms with E-state index in [1.807, 2.05) is 12.1 Å². The van der Waals surface area contributed by atoms with E-state index < -0.39 is 0 Å². The summed E-state index contributed by atoms with van der Waals surface area (Å²) >= 11 is 6.00. The van der Waals surface area contributed by atoms with Gasteiger partial charge in [-0.15, -0.1) is 0 Å². The van der Waals surface area contributed by atoms with Gasteiger partial charge in [-0.1, -0.05) is 206 Å². The fraction of sp³-hybridized carbons (Fsp3) is 0.0118. The molecule has 5 nitrogen and oxygen atoms in total. The molecule has 0 amide bonds. The van der Waals surface area contributed by atoms with Crippen LogP contribution in [0.4, 0.5) is 0 Å². The minimum absolute atomic E-state index is 0.759. The molecule has 0 spiro atoms. The second kappa shape index (κ2) is 21.3. The maximum Gasteiger partial charge on any atom is 0.0542 e. The molecule has 14 aromatic carbocycles. The molecule has 20 rings (SSSR count). The molecule has 6 heteroatoms. The van der Waals surface area contributed by atoms with Crippen molar-refractivity contribution >= 4 is 121 Å². The third-order valence-corrected chi connectivity index (χ3v) is 19.0. The van der Waals surface area contributed by atoms with E-state index in [9.17, 15) is 0 Å². The number of fused-ring (bicyclic) bond motifs is 18. The highest BCUT2D eigenvalue weighted by Crippen LogP contribution is 2.42. The van der Waals surface area contributed by atoms with Gasteiger partial charge in [-0.3, -0.25) is 0 Å². The van der Waals surface area contributed by atoms with E-state index in [2.05, 4.69) is 338 Å². The third kappa shape index (κ3) is 8.47. The third-order valence-electron chi connectivity index (χ3n) is 18.7. The summed E-state index contributed by atoms with van der Waals surface area (Å²) < 4.78 is 11.8. The SMILES string of the molecule is Clc1ccc(-n2c3ccccc3c3ccccc32)cc1.c1ccc2c(c1)Cc1ccc(-n3c4ccccc4c4ccccc43)cc1-2.c1ccc2c(c1)c1ccccc1n2-c1ccc(-n2c3ccccc3c3cc(-n4c5ccccc5c5ccccc54)ccc32)cc1. The quantitative estimate of drug-likeness (QED) is 0.164. The van der Waals surface area contributed by atoms with Crippen LogP contribution in [0.2, 0.25) is 5.02 Å². The van der Waals surface area contributed by atoms with Crippen molar-refractivity contribution in [3.63, 3.8) is 0 Å². The molecule has 0 atom stereocenters. The number of aromatic nitrogens is 5. The molecule has 0 radical (unpaired) electrons. The Morgan fingerprint density at radius 2 is 0.429 bits per heavy atom. The van der Waals surface area contributed by atoms with Gasteiger partial charge in [0.2, 0.25) is 0 Å². The van der Waals surface area contributed by atoms with Crippen LogP contribution < -0.4 is 0 Å². The van der Waals surface area contributed by atoms with Crippen LogP contribution >= 0.6 is 11.6 Å². The fourth-order valence-electron chi connectivity index (χ4n) is 14.8. The second-order valence-electron chi connectivity index (χ2n) is 23.7. The van der Waals surface area contributed by atoms with Crippen LogP contribution in [0.1, 0.15) is 11.1 Å². The van der Waals surface area contributed by atoms with Crippen molar-refractivity contribution < 1.29 is 0 Å². The van der Waals surface area contributed by atoms with Crippen molar-refractivity contribution in [3.05, 3.63) is 344 Å². The standard InChI is InChI=1S/C42H27N3.C25H17N.C18H12ClN/c1-6-16-37-31(11-1)32-12-2-7-17-38(32)43(37)28-21-23-29(24-22-28)44-41-20-10-5-15-35(41)36-27-30(25-26-42(36)44)45-39-18-8-3-13-33(39)34-14-4-9-19-40(34)45;1-2-8-20-17(7-1)15-18-13-14-19(16-23(18)20)26-24-11-5-3-9-21(24)22-10-4-6-12-25(22)26;19-13-9-11-14(12-10-13)20-17-7-3-1-5-15(17)16-6-2-4-8-18(16)20/h1-27H;1-14,16H,15H2;1-12H. The molecule has 0 saturated carbocycles. The van der Waals surface area contributed by atoms with Gasteiger partial charge < -0.3 is 22.8 Å². The first-order valence-electron chi connectivity index (χ1n) is 31.1. The van der Waals surface area contributed by atoms with Crippen LogP contribution in [0.3, 0.4) is 0 Å². The van der Waals surface area contributed by atoms with Crippen LogP contribution in [0, 0.1) is 0 Å². The Hall–Kier alpha value is -11.6. The lowest BCUT2D eigenvalue weighted by Crippen LogP contribution is -1.97. The van der Waals surface area contributed by atoms with Crippen molar-refractivity contribution in [1.82, 2.24) is 22.8 Å². The van der Waals surface area contributed by atoms with Crippen LogP contribution in [0.5, 0.6) is 0 Å². The van der Waals surface area contributed by atoms with Gasteiger partial charge in [0, 0.05) is 87.3 Å². The zero-order valence-electron chi connectivity index (χ0n) is 49.5. The van der Waals surface area contributed by atoms with Crippen LogP contribution in [0.15, 0.2) is 328 Å². The van der Waals surface area contributed by atoms with E-state index in [0.29, 0.717) is 0 Å². The highest BCUT2D eigenvalue weighted by Gasteiger charge is 2.22.